The standard InChI is InChI=1S/C26H23N5O3/c27-25(33)22-15-16-31(30-22)21-13-11-20(12-14-21)28-24(32)17-23(18-7-3-1-4-8-18)29-26(34)19-9-5-2-6-10-19/h1-16,23H,17H2,(H2,27,33)(H,28,32)(H,29,34)/t23-/m0/s1. The lowest BCUT2D eigenvalue weighted by atomic mass is 10.0. The van der Waals surface area contributed by atoms with Gasteiger partial charge in [-0.2, -0.15) is 5.10 Å². The van der Waals surface area contributed by atoms with Crippen molar-refractivity contribution in [1.82, 2.24) is 15.1 Å². The summed E-state index contributed by atoms with van der Waals surface area (Å²) in [6.45, 7) is 0. The Bertz CT molecular complexity index is 1290. The van der Waals surface area contributed by atoms with Gasteiger partial charge in [-0.1, -0.05) is 48.5 Å². The third-order valence-electron chi connectivity index (χ3n) is 5.19. The van der Waals surface area contributed by atoms with Gasteiger partial charge in [0.1, 0.15) is 5.69 Å². The summed E-state index contributed by atoms with van der Waals surface area (Å²) >= 11 is 0. The number of primary amides is 1. The van der Waals surface area contributed by atoms with Crippen molar-refractivity contribution < 1.29 is 14.4 Å². The van der Waals surface area contributed by atoms with Gasteiger partial charge in [-0.15, -0.1) is 0 Å². The predicted molar refractivity (Wildman–Crippen MR) is 128 cm³/mol. The number of hydrogen-bond donors (Lipinski definition) is 3. The summed E-state index contributed by atoms with van der Waals surface area (Å²) in [5, 5.41) is 9.93. The molecule has 8 heteroatoms. The second-order valence-electron chi connectivity index (χ2n) is 7.61. The molecule has 0 bridgehead atoms. The molecular formula is C26H23N5O3. The van der Waals surface area contributed by atoms with Crippen molar-refractivity contribution in [2.75, 3.05) is 5.32 Å². The molecule has 170 valence electrons. The molecule has 1 aromatic heterocycles. The Morgan fingerprint density at radius 1 is 0.853 bits per heavy atom. The lowest BCUT2D eigenvalue weighted by Gasteiger charge is -2.19. The summed E-state index contributed by atoms with van der Waals surface area (Å²) in [4.78, 5) is 36.8. The topological polar surface area (TPSA) is 119 Å². The molecule has 0 aliphatic heterocycles. The van der Waals surface area contributed by atoms with E-state index in [1.807, 2.05) is 36.4 Å². The fourth-order valence-corrected chi connectivity index (χ4v) is 3.46. The van der Waals surface area contributed by atoms with Crippen molar-refractivity contribution in [2.45, 2.75) is 12.5 Å². The molecular weight excluding hydrogens is 430 g/mol. The first-order valence-electron chi connectivity index (χ1n) is 10.7. The minimum atomic E-state index is -0.602. The van der Waals surface area contributed by atoms with Crippen LogP contribution in [0.1, 0.15) is 38.9 Å². The van der Waals surface area contributed by atoms with E-state index in [4.69, 9.17) is 5.73 Å². The van der Waals surface area contributed by atoms with Crippen LogP contribution in [0.4, 0.5) is 5.69 Å². The quantitative estimate of drug-likeness (QED) is 0.378. The zero-order valence-electron chi connectivity index (χ0n) is 18.2. The number of aromatic nitrogens is 2. The zero-order valence-corrected chi connectivity index (χ0v) is 18.2. The third kappa shape index (κ3) is 5.55. The van der Waals surface area contributed by atoms with E-state index >= 15 is 0 Å². The van der Waals surface area contributed by atoms with E-state index in [9.17, 15) is 14.4 Å². The Morgan fingerprint density at radius 3 is 2.12 bits per heavy atom. The Balaban J connectivity index is 1.44. The van der Waals surface area contributed by atoms with Crippen LogP contribution in [0.15, 0.2) is 97.2 Å². The molecule has 0 unspecified atom stereocenters. The average Bonchev–Trinajstić information content (AvgIpc) is 3.36. The summed E-state index contributed by atoms with van der Waals surface area (Å²) < 4.78 is 1.52. The normalized spacial score (nSPS) is 11.4. The number of amides is 3. The molecule has 4 rings (SSSR count). The largest absolute Gasteiger partial charge is 0.364 e. The third-order valence-corrected chi connectivity index (χ3v) is 5.19. The fourth-order valence-electron chi connectivity index (χ4n) is 3.46. The first-order chi connectivity index (χ1) is 16.5. The van der Waals surface area contributed by atoms with Crippen molar-refractivity contribution in [3.05, 3.63) is 114 Å². The Morgan fingerprint density at radius 2 is 1.50 bits per heavy atom. The van der Waals surface area contributed by atoms with E-state index in [2.05, 4.69) is 15.7 Å². The highest BCUT2D eigenvalue weighted by molar-refractivity contribution is 5.96. The maximum Gasteiger partial charge on any atom is 0.269 e. The molecule has 0 saturated heterocycles. The van der Waals surface area contributed by atoms with E-state index in [0.29, 0.717) is 16.9 Å². The number of carbonyl (C=O) groups excluding carboxylic acids is 3. The molecule has 0 aliphatic carbocycles. The molecule has 4 aromatic rings. The number of carbonyl (C=O) groups is 3. The molecule has 3 aromatic carbocycles. The van der Waals surface area contributed by atoms with Crippen LogP contribution < -0.4 is 16.4 Å². The van der Waals surface area contributed by atoms with Crippen LogP contribution in [0.25, 0.3) is 5.69 Å². The van der Waals surface area contributed by atoms with Crippen LogP contribution in [-0.4, -0.2) is 27.5 Å². The van der Waals surface area contributed by atoms with E-state index in [-0.39, 0.29) is 23.9 Å². The molecule has 1 heterocycles. The van der Waals surface area contributed by atoms with Crippen LogP contribution in [0.5, 0.6) is 0 Å². The first-order valence-corrected chi connectivity index (χ1v) is 10.7. The molecule has 0 spiro atoms. The van der Waals surface area contributed by atoms with Gasteiger partial charge in [0, 0.05) is 17.4 Å². The van der Waals surface area contributed by atoms with E-state index in [1.54, 1.807) is 54.7 Å². The van der Waals surface area contributed by atoms with Crippen LogP contribution in [0.2, 0.25) is 0 Å². The van der Waals surface area contributed by atoms with Gasteiger partial charge in [-0.3, -0.25) is 14.4 Å². The fraction of sp³-hybridized carbons (Fsp3) is 0.0769. The maximum atomic E-state index is 12.8. The lowest BCUT2D eigenvalue weighted by Crippen LogP contribution is -2.31. The molecule has 34 heavy (non-hydrogen) atoms. The number of anilines is 1. The van der Waals surface area contributed by atoms with E-state index in [1.165, 1.54) is 10.7 Å². The Labute approximate surface area is 196 Å². The SMILES string of the molecule is NC(=O)c1ccn(-c2ccc(NC(=O)C[C@H](NC(=O)c3ccccc3)c3ccccc3)cc2)n1. The predicted octanol–water partition coefficient (Wildman–Crippen LogP) is 3.47. The number of benzene rings is 3. The number of rotatable bonds is 8. The van der Waals surface area contributed by atoms with Crippen LogP contribution in [0.3, 0.4) is 0 Å². The van der Waals surface area contributed by atoms with Gasteiger partial charge in [0.05, 0.1) is 18.2 Å². The zero-order chi connectivity index (χ0) is 23.9. The summed E-state index contributed by atoms with van der Waals surface area (Å²) in [5.74, 6) is -1.10. The molecule has 0 aliphatic rings. The van der Waals surface area contributed by atoms with E-state index in [0.717, 1.165) is 5.56 Å². The van der Waals surface area contributed by atoms with Crippen molar-refractivity contribution in [2.24, 2.45) is 5.73 Å². The molecule has 4 N–H and O–H groups in total. The summed E-state index contributed by atoms with van der Waals surface area (Å²) in [6.07, 6.45) is 1.69. The molecule has 3 amide bonds. The Kier molecular flexibility index (Phi) is 6.78. The van der Waals surface area contributed by atoms with Gasteiger partial charge in [-0.25, -0.2) is 4.68 Å². The highest BCUT2D eigenvalue weighted by Crippen LogP contribution is 2.20. The second kappa shape index (κ2) is 10.3. The summed E-state index contributed by atoms with van der Waals surface area (Å²) in [6, 6.07) is 26.3. The van der Waals surface area contributed by atoms with Gasteiger partial charge in [0.2, 0.25) is 5.91 Å². The van der Waals surface area contributed by atoms with Crippen LogP contribution >= 0.6 is 0 Å². The summed E-state index contributed by atoms with van der Waals surface area (Å²) in [7, 11) is 0. The molecule has 0 radical (unpaired) electrons. The van der Waals surface area contributed by atoms with Crippen molar-refractivity contribution in [3.63, 3.8) is 0 Å². The van der Waals surface area contributed by atoms with Crippen molar-refractivity contribution in [1.29, 1.82) is 0 Å². The first kappa shape index (κ1) is 22.5. The second-order valence-corrected chi connectivity index (χ2v) is 7.61. The smallest absolute Gasteiger partial charge is 0.269 e. The minimum absolute atomic E-state index is 0.0610. The lowest BCUT2D eigenvalue weighted by molar-refractivity contribution is -0.116. The number of nitrogens with zero attached hydrogens (tertiary/aromatic N) is 2. The van der Waals surface area contributed by atoms with Crippen molar-refractivity contribution in [3.8, 4) is 5.69 Å². The molecule has 1 atom stereocenters. The molecule has 0 fully saturated rings. The highest BCUT2D eigenvalue weighted by Gasteiger charge is 2.19. The summed E-state index contributed by atoms with van der Waals surface area (Å²) in [5.41, 5.74) is 8.07. The highest BCUT2D eigenvalue weighted by atomic mass is 16.2. The number of nitrogens with two attached hydrogens (primary N) is 1. The number of hydrogen-bond acceptors (Lipinski definition) is 4. The van der Waals surface area contributed by atoms with Gasteiger partial charge in [0.15, 0.2) is 0 Å². The van der Waals surface area contributed by atoms with Crippen molar-refractivity contribution >= 4 is 23.4 Å². The van der Waals surface area contributed by atoms with E-state index < -0.39 is 11.9 Å². The van der Waals surface area contributed by atoms with Gasteiger partial charge >= 0.3 is 0 Å². The van der Waals surface area contributed by atoms with Crippen LogP contribution in [-0.2, 0) is 4.79 Å². The van der Waals surface area contributed by atoms with Crippen LogP contribution in [0, 0.1) is 0 Å². The van der Waals surface area contributed by atoms with Gasteiger partial charge in [0.25, 0.3) is 11.8 Å². The molecule has 0 saturated carbocycles. The average molecular weight is 454 g/mol. The number of nitrogens with one attached hydrogen (secondary N) is 2. The maximum absolute atomic E-state index is 12.8. The van der Waals surface area contributed by atoms with Gasteiger partial charge in [-0.05, 0) is 48.0 Å². The Hall–Kier alpha value is -4.72. The molecule has 8 nitrogen and oxygen atoms in total. The minimum Gasteiger partial charge on any atom is -0.364 e. The van der Waals surface area contributed by atoms with Gasteiger partial charge < -0.3 is 16.4 Å². The monoisotopic (exact) mass is 453 g/mol.